The SMILES string of the molecule is CCCN(C)C(=O)c1cccc(C(=O)OCC)c1COC. The maximum atomic E-state index is 12.5. The number of methoxy groups -OCH3 is 1. The number of hydrogen-bond acceptors (Lipinski definition) is 4. The molecule has 21 heavy (non-hydrogen) atoms. The number of rotatable bonds is 7. The number of hydrogen-bond donors (Lipinski definition) is 0. The molecule has 0 aliphatic rings. The van der Waals surface area contributed by atoms with Gasteiger partial charge in [0.15, 0.2) is 0 Å². The van der Waals surface area contributed by atoms with Crippen molar-refractivity contribution in [2.45, 2.75) is 26.9 Å². The lowest BCUT2D eigenvalue weighted by atomic mass is 10.0. The van der Waals surface area contributed by atoms with Gasteiger partial charge in [0.25, 0.3) is 5.91 Å². The van der Waals surface area contributed by atoms with Crippen molar-refractivity contribution >= 4 is 11.9 Å². The van der Waals surface area contributed by atoms with E-state index in [1.165, 1.54) is 7.11 Å². The van der Waals surface area contributed by atoms with E-state index in [4.69, 9.17) is 9.47 Å². The zero-order valence-electron chi connectivity index (χ0n) is 13.1. The summed E-state index contributed by atoms with van der Waals surface area (Å²) in [6, 6.07) is 5.06. The van der Waals surface area contributed by atoms with Crippen LogP contribution in [0, 0.1) is 0 Å². The van der Waals surface area contributed by atoms with Gasteiger partial charge in [-0.15, -0.1) is 0 Å². The molecule has 0 atom stereocenters. The minimum atomic E-state index is -0.433. The summed E-state index contributed by atoms with van der Waals surface area (Å²) in [7, 11) is 3.28. The Morgan fingerprint density at radius 3 is 2.43 bits per heavy atom. The fraction of sp³-hybridized carbons (Fsp3) is 0.500. The van der Waals surface area contributed by atoms with Crippen molar-refractivity contribution in [1.29, 1.82) is 0 Å². The molecular weight excluding hydrogens is 270 g/mol. The van der Waals surface area contributed by atoms with Crippen LogP contribution in [0.25, 0.3) is 0 Å². The van der Waals surface area contributed by atoms with E-state index in [1.807, 2.05) is 6.92 Å². The molecule has 0 heterocycles. The molecule has 0 bridgehead atoms. The number of amides is 1. The highest BCUT2D eigenvalue weighted by atomic mass is 16.5. The monoisotopic (exact) mass is 293 g/mol. The first-order valence-corrected chi connectivity index (χ1v) is 7.10. The van der Waals surface area contributed by atoms with E-state index in [9.17, 15) is 9.59 Å². The Bertz CT molecular complexity index is 499. The minimum Gasteiger partial charge on any atom is -0.462 e. The molecule has 0 unspecified atom stereocenters. The van der Waals surface area contributed by atoms with Gasteiger partial charge in [-0.2, -0.15) is 0 Å². The summed E-state index contributed by atoms with van der Waals surface area (Å²) in [6.45, 7) is 4.90. The van der Waals surface area contributed by atoms with Crippen LogP contribution in [0.1, 0.15) is 46.5 Å². The second-order valence-electron chi connectivity index (χ2n) is 4.71. The lowest BCUT2D eigenvalue weighted by Gasteiger charge is -2.19. The van der Waals surface area contributed by atoms with Gasteiger partial charge in [0, 0.05) is 31.8 Å². The molecule has 1 aromatic carbocycles. The number of carbonyl (C=O) groups excluding carboxylic acids is 2. The molecule has 1 aromatic rings. The summed E-state index contributed by atoms with van der Waals surface area (Å²) in [4.78, 5) is 26.1. The number of benzene rings is 1. The summed E-state index contributed by atoms with van der Waals surface area (Å²) in [5.41, 5.74) is 1.44. The maximum absolute atomic E-state index is 12.5. The van der Waals surface area contributed by atoms with Crippen LogP contribution in [0.4, 0.5) is 0 Å². The largest absolute Gasteiger partial charge is 0.462 e. The van der Waals surface area contributed by atoms with E-state index in [-0.39, 0.29) is 12.5 Å². The normalized spacial score (nSPS) is 10.3. The van der Waals surface area contributed by atoms with Crippen molar-refractivity contribution < 1.29 is 19.1 Å². The molecule has 1 rings (SSSR count). The maximum Gasteiger partial charge on any atom is 0.338 e. The highest BCUT2D eigenvalue weighted by Gasteiger charge is 2.21. The van der Waals surface area contributed by atoms with Gasteiger partial charge in [0.05, 0.1) is 18.8 Å². The third-order valence-electron chi connectivity index (χ3n) is 3.10. The van der Waals surface area contributed by atoms with Crippen molar-refractivity contribution in [3.63, 3.8) is 0 Å². The standard InChI is InChI=1S/C16H23NO4/c1-5-10-17(3)15(18)12-8-7-9-13(14(12)11-20-4)16(19)21-6-2/h7-9H,5-6,10-11H2,1-4H3. The van der Waals surface area contributed by atoms with E-state index in [0.717, 1.165) is 6.42 Å². The highest BCUT2D eigenvalue weighted by molar-refractivity contribution is 6.00. The van der Waals surface area contributed by atoms with Gasteiger partial charge in [0.1, 0.15) is 0 Å². The summed E-state index contributed by atoms with van der Waals surface area (Å²) in [5, 5.41) is 0. The number of esters is 1. The van der Waals surface area contributed by atoms with Gasteiger partial charge < -0.3 is 14.4 Å². The van der Waals surface area contributed by atoms with Gasteiger partial charge in [-0.05, 0) is 25.5 Å². The first-order valence-electron chi connectivity index (χ1n) is 7.10. The summed E-state index contributed by atoms with van der Waals surface area (Å²) >= 11 is 0. The third kappa shape index (κ3) is 4.29. The molecule has 1 amide bonds. The van der Waals surface area contributed by atoms with Gasteiger partial charge in [0.2, 0.25) is 0 Å². The van der Waals surface area contributed by atoms with Gasteiger partial charge in [-0.1, -0.05) is 13.0 Å². The zero-order chi connectivity index (χ0) is 15.8. The van der Waals surface area contributed by atoms with Gasteiger partial charge >= 0.3 is 5.97 Å². The Kier molecular flexibility index (Phi) is 6.88. The second-order valence-corrected chi connectivity index (χ2v) is 4.71. The van der Waals surface area contributed by atoms with Crippen molar-refractivity contribution in [3.05, 3.63) is 34.9 Å². The molecule has 0 radical (unpaired) electrons. The first kappa shape index (κ1) is 17.2. The van der Waals surface area contributed by atoms with Crippen molar-refractivity contribution in [2.24, 2.45) is 0 Å². The molecule has 0 aliphatic carbocycles. The topological polar surface area (TPSA) is 55.8 Å². The predicted octanol–water partition coefficient (Wildman–Crippen LogP) is 2.49. The smallest absolute Gasteiger partial charge is 0.338 e. The molecule has 0 saturated carbocycles. The zero-order valence-corrected chi connectivity index (χ0v) is 13.1. The molecule has 0 aromatic heterocycles. The molecule has 116 valence electrons. The number of carbonyl (C=O) groups is 2. The Morgan fingerprint density at radius 2 is 1.86 bits per heavy atom. The molecule has 0 aliphatic heterocycles. The van der Waals surface area contributed by atoms with Crippen LogP contribution in [0.3, 0.4) is 0 Å². The quantitative estimate of drug-likeness (QED) is 0.725. The van der Waals surface area contributed by atoms with Gasteiger partial charge in [-0.25, -0.2) is 4.79 Å². The fourth-order valence-electron chi connectivity index (χ4n) is 2.13. The van der Waals surface area contributed by atoms with E-state index < -0.39 is 5.97 Å². The molecule has 5 nitrogen and oxygen atoms in total. The van der Waals surface area contributed by atoms with Crippen LogP contribution in [-0.4, -0.2) is 44.1 Å². The van der Waals surface area contributed by atoms with E-state index >= 15 is 0 Å². The van der Waals surface area contributed by atoms with Crippen LogP contribution < -0.4 is 0 Å². The molecule has 0 saturated heterocycles. The van der Waals surface area contributed by atoms with Crippen molar-refractivity contribution in [1.82, 2.24) is 4.90 Å². The molecule has 0 N–H and O–H groups in total. The fourth-order valence-corrected chi connectivity index (χ4v) is 2.13. The van der Waals surface area contributed by atoms with Crippen LogP contribution in [-0.2, 0) is 16.1 Å². The van der Waals surface area contributed by atoms with Crippen molar-refractivity contribution in [3.8, 4) is 0 Å². The number of nitrogens with zero attached hydrogens (tertiary/aromatic N) is 1. The molecule has 0 spiro atoms. The lowest BCUT2D eigenvalue weighted by Crippen LogP contribution is -2.29. The van der Waals surface area contributed by atoms with Crippen molar-refractivity contribution in [2.75, 3.05) is 27.3 Å². The van der Waals surface area contributed by atoms with Crippen LogP contribution in [0.5, 0.6) is 0 Å². The molecule has 5 heteroatoms. The minimum absolute atomic E-state index is 0.116. The summed E-state index contributed by atoms with van der Waals surface area (Å²) in [5.74, 6) is -0.549. The Morgan fingerprint density at radius 1 is 1.19 bits per heavy atom. The third-order valence-corrected chi connectivity index (χ3v) is 3.10. The van der Waals surface area contributed by atoms with Crippen LogP contribution in [0.2, 0.25) is 0 Å². The summed E-state index contributed by atoms with van der Waals surface area (Å²) < 4.78 is 10.2. The average Bonchev–Trinajstić information content (AvgIpc) is 2.47. The van der Waals surface area contributed by atoms with Crippen LogP contribution >= 0.6 is 0 Å². The summed E-state index contributed by atoms with van der Waals surface area (Å²) in [6.07, 6.45) is 0.874. The Labute approximate surface area is 125 Å². The van der Waals surface area contributed by atoms with Crippen LogP contribution in [0.15, 0.2) is 18.2 Å². The highest BCUT2D eigenvalue weighted by Crippen LogP contribution is 2.19. The first-order chi connectivity index (χ1) is 10.1. The van der Waals surface area contributed by atoms with E-state index in [0.29, 0.717) is 29.8 Å². The lowest BCUT2D eigenvalue weighted by molar-refractivity contribution is 0.0521. The molecular formula is C16H23NO4. The second kappa shape index (κ2) is 8.42. The van der Waals surface area contributed by atoms with Gasteiger partial charge in [-0.3, -0.25) is 4.79 Å². The number of ether oxygens (including phenoxy) is 2. The average molecular weight is 293 g/mol. The molecule has 0 fully saturated rings. The van der Waals surface area contributed by atoms with E-state index in [1.54, 1.807) is 37.1 Å². The Balaban J connectivity index is 3.22. The van der Waals surface area contributed by atoms with E-state index in [2.05, 4.69) is 0 Å². The predicted molar refractivity (Wildman–Crippen MR) is 80.4 cm³/mol. The Hall–Kier alpha value is -1.88.